The topological polar surface area (TPSA) is 30.5 Å². The van der Waals surface area contributed by atoms with Crippen LogP contribution in [0.3, 0.4) is 0 Å². The second-order valence-electron chi connectivity index (χ2n) is 5.10. The third kappa shape index (κ3) is 5.21. The molecule has 0 spiro atoms. The Morgan fingerprint density at radius 2 is 1.95 bits per heavy atom. The summed E-state index contributed by atoms with van der Waals surface area (Å²) in [6.45, 7) is 10.9. The van der Waals surface area contributed by atoms with E-state index in [2.05, 4.69) is 45.1 Å². The van der Waals surface area contributed by atoms with Gasteiger partial charge in [-0.15, -0.1) is 0 Å². The number of aryl methyl sites for hydroxylation is 2. The fourth-order valence-electron chi connectivity index (χ4n) is 2.06. The summed E-state index contributed by atoms with van der Waals surface area (Å²) < 4.78 is 11.3. The average Bonchev–Trinajstić information content (AvgIpc) is 2.35. The molecule has 0 aliphatic rings. The maximum absolute atomic E-state index is 6.11. The van der Waals surface area contributed by atoms with Crippen LogP contribution in [0.15, 0.2) is 12.1 Å². The number of benzene rings is 1. The number of hydrogen-bond acceptors (Lipinski definition) is 3. The SMILES string of the molecule is CCCNCC(COC)Oc1cc(C)cc(C)c1C. The van der Waals surface area contributed by atoms with E-state index in [1.54, 1.807) is 7.11 Å². The molecule has 0 saturated heterocycles. The lowest BCUT2D eigenvalue weighted by Crippen LogP contribution is -2.35. The second kappa shape index (κ2) is 8.18. The molecule has 0 amide bonds. The molecule has 108 valence electrons. The Morgan fingerprint density at radius 3 is 2.58 bits per heavy atom. The molecule has 0 heterocycles. The first-order chi connectivity index (χ1) is 9.08. The van der Waals surface area contributed by atoms with Gasteiger partial charge >= 0.3 is 0 Å². The molecule has 1 N–H and O–H groups in total. The van der Waals surface area contributed by atoms with Gasteiger partial charge in [0.15, 0.2) is 0 Å². The zero-order valence-electron chi connectivity index (χ0n) is 12.9. The van der Waals surface area contributed by atoms with Gasteiger partial charge in [0.1, 0.15) is 11.9 Å². The largest absolute Gasteiger partial charge is 0.486 e. The summed E-state index contributed by atoms with van der Waals surface area (Å²) in [5.74, 6) is 0.970. The molecule has 0 fully saturated rings. The highest BCUT2D eigenvalue weighted by atomic mass is 16.5. The number of ether oxygens (including phenoxy) is 2. The first kappa shape index (κ1) is 16.0. The van der Waals surface area contributed by atoms with Crippen LogP contribution in [0.25, 0.3) is 0 Å². The van der Waals surface area contributed by atoms with Gasteiger partial charge in [-0.3, -0.25) is 0 Å². The Kier molecular flexibility index (Phi) is 6.89. The number of hydrogen-bond donors (Lipinski definition) is 1. The standard InChI is InChI=1S/C16H27NO2/c1-6-7-17-10-15(11-18-5)19-16-9-12(2)8-13(3)14(16)4/h8-9,15,17H,6-7,10-11H2,1-5H3. The summed E-state index contributed by atoms with van der Waals surface area (Å²) in [5, 5.41) is 3.38. The summed E-state index contributed by atoms with van der Waals surface area (Å²) in [7, 11) is 1.71. The van der Waals surface area contributed by atoms with Crippen LogP contribution in [0.2, 0.25) is 0 Å². The van der Waals surface area contributed by atoms with Gasteiger partial charge in [0.05, 0.1) is 6.61 Å². The maximum atomic E-state index is 6.11. The van der Waals surface area contributed by atoms with Crippen molar-refractivity contribution in [2.24, 2.45) is 0 Å². The number of methoxy groups -OCH3 is 1. The monoisotopic (exact) mass is 265 g/mol. The quantitative estimate of drug-likeness (QED) is 0.733. The Labute approximate surface area is 117 Å². The minimum Gasteiger partial charge on any atom is -0.486 e. The van der Waals surface area contributed by atoms with Gasteiger partial charge in [-0.1, -0.05) is 13.0 Å². The first-order valence-corrected chi connectivity index (χ1v) is 7.02. The summed E-state index contributed by atoms with van der Waals surface area (Å²) in [4.78, 5) is 0. The van der Waals surface area contributed by atoms with Crippen molar-refractivity contribution in [1.82, 2.24) is 5.32 Å². The van der Waals surface area contributed by atoms with E-state index >= 15 is 0 Å². The summed E-state index contributed by atoms with van der Waals surface area (Å²) >= 11 is 0. The van der Waals surface area contributed by atoms with Crippen LogP contribution in [0.1, 0.15) is 30.0 Å². The minimum absolute atomic E-state index is 0.0523. The van der Waals surface area contributed by atoms with Gasteiger partial charge in [-0.05, 0) is 56.5 Å². The Balaban J connectivity index is 2.72. The van der Waals surface area contributed by atoms with Gasteiger partial charge in [0.25, 0.3) is 0 Å². The van der Waals surface area contributed by atoms with Crippen LogP contribution in [0.5, 0.6) is 5.75 Å². The molecule has 0 saturated carbocycles. The second-order valence-corrected chi connectivity index (χ2v) is 5.10. The number of rotatable bonds is 8. The molecule has 0 aromatic heterocycles. The van der Waals surface area contributed by atoms with Gasteiger partial charge in [-0.25, -0.2) is 0 Å². The molecule has 1 aromatic carbocycles. The smallest absolute Gasteiger partial charge is 0.134 e. The molecule has 0 radical (unpaired) electrons. The van der Waals surface area contributed by atoms with E-state index in [1.807, 2.05) is 0 Å². The molecule has 19 heavy (non-hydrogen) atoms. The van der Waals surface area contributed by atoms with E-state index < -0.39 is 0 Å². The van der Waals surface area contributed by atoms with Crippen molar-refractivity contribution in [3.8, 4) is 5.75 Å². The molecular weight excluding hydrogens is 238 g/mol. The fraction of sp³-hybridized carbons (Fsp3) is 0.625. The van der Waals surface area contributed by atoms with Crippen molar-refractivity contribution in [1.29, 1.82) is 0 Å². The lowest BCUT2D eigenvalue weighted by atomic mass is 10.1. The minimum atomic E-state index is 0.0523. The lowest BCUT2D eigenvalue weighted by molar-refractivity contribution is 0.0802. The molecule has 0 aliphatic carbocycles. The van der Waals surface area contributed by atoms with E-state index in [9.17, 15) is 0 Å². The van der Waals surface area contributed by atoms with Crippen molar-refractivity contribution >= 4 is 0 Å². The van der Waals surface area contributed by atoms with Crippen molar-refractivity contribution < 1.29 is 9.47 Å². The summed E-state index contributed by atoms with van der Waals surface area (Å²) in [6, 6.07) is 4.29. The molecular formula is C16H27NO2. The van der Waals surface area contributed by atoms with Gasteiger partial charge in [-0.2, -0.15) is 0 Å². The summed E-state index contributed by atoms with van der Waals surface area (Å²) in [6.07, 6.45) is 1.18. The predicted octanol–water partition coefficient (Wildman–Crippen LogP) is 3.01. The van der Waals surface area contributed by atoms with Crippen LogP contribution < -0.4 is 10.1 Å². The highest BCUT2D eigenvalue weighted by Gasteiger charge is 2.12. The molecule has 1 unspecified atom stereocenters. The summed E-state index contributed by atoms with van der Waals surface area (Å²) in [5.41, 5.74) is 3.71. The van der Waals surface area contributed by atoms with E-state index in [-0.39, 0.29) is 6.10 Å². The molecule has 3 nitrogen and oxygen atoms in total. The zero-order chi connectivity index (χ0) is 14.3. The van der Waals surface area contributed by atoms with Gasteiger partial charge in [0.2, 0.25) is 0 Å². The third-order valence-electron chi connectivity index (χ3n) is 3.21. The van der Waals surface area contributed by atoms with Gasteiger partial charge in [0, 0.05) is 13.7 Å². The average molecular weight is 265 g/mol. The molecule has 1 atom stereocenters. The van der Waals surface area contributed by atoms with Crippen molar-refractivity contribution in [3.63, 3.8) is 0 Å². The van der Waals surface area contributed by atoms with Crippen LogP contribution in [0, 0.1) is 20.8 Å². The van der Waals surface area contributed by atoms with Crippen molar-refractivity contribution in [2.75, 3.05) is 26.8 Å². The van der Waals surface area contributed by atoms with E-state index in [0.29, 0.717) is 6.61 Å². The van der Waals surface area contributed by atoms with Crippen molar-refractivity contribution in [3.05, 3.63) is 28.8 Å². The highest BCUT2D eigenvalue weighted by molar-refractivity contribution is 5.42. The third-order valence-corrected chi connectivity index (χ3v) is 3.21. The van der Waals surface area contributed by atoms with E-state index in [4.69, 9.17) is 9.47 Å². The molecule has 0 aliphatic heterocycles. The molecule has 3 heteroatoms. The first-order valence-electron chi connectivity index (χ1n) is 7.02. The fourth-order valence-corrected chi connectivity index (χ4v) is 2.06. The zero-order valence-corrected chi connectivity index (χ0v) is 12.9. The number of nitrogens with one attached hydrogen (secondary N) is 1. The molecule has 1 rings (SSSR count). The van der Waals surface area contributed by atoms with Crippen LogP contribution >= 0.6 is 0 Å². The van der Waals surface area contributed by atoms with E-state index in [1.165, 1.54) is 16.7 Å². The van der Waals surface area contributed by atoms with Gasteiger partial charge < -0.3 is 14.8 Å². The van der Waals surface area contributed by atoms with Crippen LogP contribution in [0.4, 0.5) is 0 Å². The predicted molar refractivity (Wildman–Crippen MR) is 80.1 cm³/mol. The van der Waals surface area contributed by atoms with Crippen LogP contribution in [-0.2, 0) is 4.74 Å². The Bertz CT molecular complexity index is 391. The normalized spacial score (nSPS) is 12.5. The lowest BCUT2D eigenvalue weighted by Gasteiger charge is -2.21. The molecule has 0 bridgehead atoms. The van der Waals surface area contributed by atoms with Crippen LogP contribution in [-0.4, -0.2) is 32.9 Å². The molecule has 1 aromatic rings. The van der Waals surface area contributed by atoms with E-state index in [0.717, 1.165) is 25.3 Å². The Hall–Kier alpha value is -1.06. The highest BCUT2D eigenvalue weighted by Crippen LogP contribution is 2.24. The van der Waals surface area contributed by atoms with Crippen molar-refractivity contribution in [2.45, 2.75) is 40.2 Å². The Morgan fingerprint density at radius 1 is 1.21 bits per heavy atom. The maximum Gasteiger partial charge on any atom is 0.134 e.